The molecule has 0 aliphatic carbocycles. The van der Waals surface area contributed by atoms with E-state index in [1.807, 2.05) is 30.3 Å². The number of halogens is 1. The van der Waals surface area contributed by atoms with Gasteiger partial charge in [0, 0.05) is 25.0 Å². The SMILES string of the molecule is O=C(c1ccc(O)cc1O)N(CCCl)Cc1ccccc1. The van der Waals surface area contributed by atoms with E-state index in [9.17, 15) is 15.0 Å². The zero-order chi connectivity index (χ0) is 15.2. The fourth-order valence-electron chi connectivity index (χ4n) is 2.03. The van der Waals surface area contributed by atoms with Crippen LogP contribution in [0.4, 0.5) is 0 Å². The van der Waals surface area contributed by atoms with Gasteiger partial charge < -0.3 is 15.1 Å². The van der Waals surface area contributed by atoms with Crippen molar-refractivity contribution in [3.05, 3.63) is 59.7 Å². The number of benzene rings is 2. The average Bonchev–Trinajstić information content (AvgIpc) is 2.47. The Morgan fingerprint density at radius 3 is 2.43 bits per heavy atom. The van der Waals surface area contributed by atoms with Gasteiger partial charge in [0.2, 0.25) is 0 Å². The minimum absolute atomic E-state index is 0.0870. The molecule has 5 heteroatoms. The van der Waals surface area contributed by atoms with Crippen molar-refractivity contribution in [1.29, 1.82) is 0 Å². The summed E-state index contributed by atoms with van der Waals surface area (Å²) in [5.74, 6) is -0.349. The Balaban J connectivity index is 2.23. The Bertz CT molecular complexity index is 616. The molecule has 2 rings (SSSR count). The molecule has 1 amide bonds. The molecule has 110 valence electrons. The largest absolute Gasteiger partial charge is 0.508 e. The average molecular weight is 306 g/mol. The fraction of sp³-hybridized carbons (Fsp3) is 0.188. The van der Waals surface area contributed by atoms with Gasteiger partial charge >= 0.3 is 0 Å². The first-order valence-corrected chi connectivity index (χ1v) is 7.06. The summed E-state index contributed by atoms with van der Waals surface area (Å²) >= 11 is 5.76. The van der Waals surface area contributed by atoms with Gasteiger partial charge in [-0.2, -0.15) is 0 Å². The highest BCUT2D eigenvalue weighted by Crippen LogP contribution is 2.24. The summed E-state index contributed by atoms with van der Waals surface area (Å²) in [4.78, 5) is 14.1. The number of rotatable bonds is 5. The zero-order valence-electron chi connectivity index (χ0n) is 11.4. The molecule has 2 aromatic rings. The highest BCUT2D eigenvalue weighted by molar-refractivity contribution is 6.18. The Morgan fingerprint density at radius 2 is 1.81 bits per heavy atom. The van der Waals surface area contributed by atoms with E-state index in [0.29, 0.717) is 19.0 Å². The van der Waals surface area contributed by atoms with E-state index in [2.05, 4.69) is 0 Å². The van der Waals surface area contributed by atoms with Gasteiger partial charge in [0.25, 0.3) is 5.91 Å². The van der Waals surface area contributed by atoms with E-state index < -0.39 is 0 Å². The lowest BCUT2D eigenvalue weighted by atomic mass is 10.1. The number of amides is 1. The third-order valence-corrected chi connectivity index (χ3v) is 3.24. The molecular weight excluding hydrogens is 290 g/mol. The minimum Gasteiger partial charge on any atom is -0.508 e. The van der Waals surface area contributed by atoms with Gasteiger partial charge in [-0.15, -0.1) is 11.6 Å². The quantitative estimate of drug-likeness (QED) is 0.835. The Hall–Kier alpha value is -2.20. The molecule has 2 N–H and O–H groups in total. The molecule has 4 nitrogen and oxygen atoms in total. The molecule has 0 radical (unpaired) electrons. The van der Waals surface area contributed by atoms with E-state index in [4.69, 9.17) is 11.6 Å². The molecule has 0 spiro atoms. The molecule has 0 bridgehead atoms. The predicted octanol–water partition coefficient (Wildman–Crippen LogP) is 2.98. The maximum Gasteiger partial charge on any atom is 0.257 e. The summed E-state index contributed by atoms with van der Waals surface area (Å²) in [5.41, 5.74) is 1.13. The molecule has 2 aromatic carbocycles. The number of hydrogen-bond acceptors (Lipinski definition) is 3. The normalized spacial score (nSPS) is 10.3. The topological polar surface area (TPSA) is 60.8 Å². The van der Waals surface area contributed by atoms with Gasteiger partial charge in [0.15, 0.2) is 0 Å². The molecule has 0 aliphatic rings. The molecular formula is C16H16ClNO3. The lowest BCUT2D eigenvalue weighted by molar-refractivity contribution is 0.0750. The van der Waals surface area contributed by atoms with Gasteiger partial charge in [0.1, 0.15) is 11.5 Å². The van der Waals surface area contributed by atoms with Crippen LogP contribution in [0.15, 0.2) is 48.5 Å². The van der Waals surface area contributed by atoms with E-state index in [1.54, 1.807) is 4.90 Å². The number of phenols is 2. The van der Waals surface area contributed by atoms with Crippen LogP contribution in [0.5, 0.6) is 11.5 Å². The fourth-order valence-corrected chi connectivity index (χ4v) is 2.23. The van der Waals surface area contributed by atoms with Gasteiger partial charge in [-0.3, -0.25) is 4.79 Å². The molecule has 0 atom stereocenters. The Labute approximate surface area is 128 Å². The summed E-state index contributed by atoms with van der Waals surface area (Å²) in [6.45, 7) is 0.780. The monoisotopic (exact) mass is 305 g/mol. The van der Waals surface area contributed by atoms with E-state index in [0.717, 1.165) is 11.6 Å². The van der Waals surface area contributed by atoms with Gasteiger partial charge in [-0.1, -0.05) is 30.3 Å². The second-order valence-electron chi connectivity index (χ2n) is 4.60. The molecule has 0 saturated heterocycles. The third kappa shape index (κ3) is 3.89. The van der Waals surface area contributed by atoms with Crippen molar-refractivity contribution in [1.82, 2.24) is 4.90 Å². The molecule has 0 fully saturated rings. The van der Waals surface area contributed by atoms with Crippen LogP contribution in [0.2, 0.25) is 0 Å². The van der Waals surface area contributed by atoms with Gasteiger partial charge in [-0.05, 0) is 17.7 Å². The van der Waals surface area contributed by atoms with Crippen LogP contribution in [0.25, 0.3) is 0 Å². The van der Waals surface area contributed by atoms with Crippen LogP contribution in [-0.2, 0) is 6.54 Å². The number of aromatic hydroxyl groups is 2. The van der Waals surface area contributed by atoms with Crippen LogP contribution in [0.1, 0.15) is 15.9 Å². The molecule has 0 saturated carbocycles. The van der Waals surface area contributed by atoms with Gasteiger partial charge in [0.05, 0.1) is 5.56 Å². The minimum atomic E-state index is -0.322. The summed E-state index contributed by atoms with van der Waals surface area (Å²) in [6, 6.07) is 13.5. The molecule has 0 aromatic heterocycles. The predicted molar refractivity (Wildman–Crippen MR) is 81.7 cm³/mol. The van der Waals surface area contributed by atoms with Gasteiger partial charge in [-0.25, -0.2) is 0 Å². The maximum atomic E-state index is 12.5. The number of nitrogens with zero attached hydrogens (tertiary/aromatic N) is 1. The summed E-state index contributed by atoms with van der Waals surface area (Å²) in [5, 5.41) is 19.1. The standard InChI is InChI=1S/C16H16ClNO3/c17-8-9-18(11-12-4-2-1-3-5-12)16(21)14-7-6-13(19)10-15(14)20/h1-7,10,19-20H,8-9,11H2. The zero-order valence-corrected chi connectivity index (χ0v) is 12.1. The van der Waals surface area contributed by atoms with Crippen molar-refractivity contribution in [2.75, 3.05) is 12.4 Å². The second kappa shape index (κ2) is 6.99. The van der Waals surface area contributed by atoms with Crippen LogP contribution >= 0.6 is 11.6 Å². The number of alkyl halides is 1. The molecule has 0 aliphatic heterocycles. The lowest BCUT2D eigenvalue weighted by Gasteiger charge is -2.22. The lowest BCUT2D eigenvalue weighted by Crippen LogP contribution is -2.32. The number of carbonyl (C=O) groups excluding carboxylic acids is 1. The van der Waals surface area contributed by atoms with Crippen molar-refractivity contribution >= 4 is 17.5 Å². The van der Waals surface area contributed by atoms with E-state index in [1.165, 1.54) is 12.1 Å². The number of carbonyl (C=O) groups is 1. The summed E-state index contributed by atoms with van der Waals surface area (Å²) in [7, 11) is 0. The molecule has 0 heterocycles. The summed E-state index contributed by atoms with van der Waals surface area (Å²) in [6.07, 6.45) is 0. The van der Waals surface area contributed by atoms with Crippen molar-refractivity contribution in [2.24, 2.45) is 0 Å². The second-order valence-corrected chi connectivity index (χ2v) is 4.98. The first kappa shape index (κ1) is 15.2. The van der Waals surface area contributed by atoms with Crippen molar-refractivity contribution < 1.29 is 15.0 Å². The molecule has 0 unspecified atom stereocenters. The number of phenolic OH excluding ortho intramolecular Hbond substituents is 2. The highest BCUT2D eigenvalue weighted by Gasteiger charge is 2.19. The first-order chi connectivity index (χ1) is 10.1. The van der Waals surface area contributed by atoms with Crippen molar-refractivity contribution in [2.45, 2.75) is 6.54 Å². The Kier molecular flexibility index (Phi) is 5.06. The van der Waals surface area contributed by atoms with E-state index in [-0.39, 0.29) is 23.0 Å². The highest BCUT2D eigenvalue weighted by atomic mass is 35.5. The Morgan fingerprint density at radius 1 is 1.10 bits per heavy atom. The van der Waals surface area contributed by atoms with E-state index >= 15 is 0 Å². The van der Waals surface area contributed by atoms with Crippen LogP contribution in [-0.4, -0.2) is 33.4 Å². The number of hydrogen-bond donors (Lipinski definition) is 2. The first-order valence-electron chi connectivity index (χ1n) is 6.53. The smallest absolute Gasteiger partial charge is 0.257 e. The summed E-state index contributed by atoms with van der Waals surface area (Å²) < 4.78 is 0. The molecule has 21 heavy (non-hydrogen) atoms. The van der Waals surface area contributed by atoms with Crippen LogP contribution in [0, 0.1) is 0 Å². The maximum absolute atomic E-state index is 12.5. The van der Waals surface area contributed by atoms with Crippen LogP contribution < -0.4 is 0 Å². The van der Waals surface area contributed by atoms with Crippen LogP contribution in [0.3, 0.4) is 0 Å². The third-order valence-electron chi connectivity index (χ3n) is 3.07. The van der Waals surface area contributed by atoms with Crippen molar-refractivity contribution in [3.8, 4) is 11.5 Å². The van der Waals surface area contributed by atoms with Crippen molar-refractivity contribution in [3.63, 3.8) is 0 Å².